The summed E-state index contributed by atoms with van der Waals surface area (Å²) in [5, 5.41) is 6.27. The number of amides is 2. The molecule has 0 fully saturated rings. The fraction of sp³-hybridized carbons (Fsp3) is 0.316. The maximum atomic E-state index is 12.6. The lowest BCUT2D eigenvalue weighted by atomic mass is 9.90. The van der Waals surface area contributed by atoms with Crippen molar-refractivity contribution in [1.82, 2.24) is 10.6 Å². The Kier molecular flexibility index (Phi) is 8.22. The summed E-state index contributed by atoms with van der Waals surface area (Å²) in [6.45, 7) is 5.67. The number of nitrogens with two attached hydrogens (primary N) is 2. The molecule has 8 rings (SSSR count). The average molecular weight is 647 g/mol. The van der Waals surface area contributed by atoms with E-state index < -0.39 is 0 Å². The van der Waals surface area contributed by atoms with Gasteiger partial charge in [0.05, 0.1) is 36.7 Å². The van der Waals surface area contributed by atoms with Crippen LogP contribution in [-0.2, 0) is 0 Å². The van der Waals surface area contributed by atoms with Crippen LogP contribution in [-0.4, -0.2) is 39.1 Å². The van der Waals surface area contributed by atoms with E-state index in [4.69, 9.17) is 20.9 Å². The zero-order valence-corrected chi connectivity index (χ0v) is 27.7. The number of carbonyl (C=O) groups is 2. The highest BCUT2D eigenvalue weighted by molar-refractivity contribution is 6.04. The van der Waals surface area contributed by atoms with Crippen molar-refractivity contribution in [2.24, 2.45) is 11.5 Å². The molecule has 10 nitrogen and oxygen atoms in total. The molecule has 2 amide bonds. The van der Waals surface area contributed by atoms with Crippen LogP contribution in [0.15, 0.2) is 72.8 Å². The van der Waals surface area contributed by atoms with Crippen LogP contribution in [0.4, 0.5) is 11.4 Å². The average Bonchev–Trinajstić information content (AvgIpc) is 3.10. The van der Waals surface area contributed by atoms with Crippen molar-refractivity contribution in [1.29, 1.82) is 0 Å². The number of aryl methyl sites for hydroxylation is 2. The summed E-state index contributed by atoms with van der Waals surface area (Å²) in [6.07, 6.45) is 1.39. The second-order valence-electron chi connectivity index (χ2n) is 12.9. The van der Waals surface area contributed by atoms with Crippen LogP contribution in [0.3, 0.4) is 0 Å². The molecule has 0 radical (unpaired) electrons. The normalized spacial score (nSPS) is 22.0. The predicted molar refractivity (Wildman–Crippen MR) is 187 cm³/mol. The molecule has 0 saturated carbocycles. The smallest absolute Gasteiger partial charge is 0.255 e. The van der Waals surface area contributed by atoms with Crippen molar-refractivity contribution in [2.75, 3.05) is 37.1 Å². The fourth-order valence-electron chi connectivity index (χ4n) is 7.57. The van der Waals surface area contributed by atoms with Crippen molar-refractivity contribution in [3.05, 3.63) is 117 Å². The molecule has 4 heterocycles. The summed E-state index contributed by atoms with van der Waals surface area (Å²) in [7, 11) is 3.33. The Morgan fingerprint density at radius 2 is 1.06 bits per heavy atom. The highest BCUT2D eigenvalue weighted by Crippen LogP contribution is 2.44. The molecule has 0 unspecified atom stereocenters. The van der Waals surface area contributed by atoms with E-state index in [2.05, 4.69) is 32.6 Å². The molecule has 4 aliphatic heterocycles. The van der Waals surface area contributed by atoms with Gasteiger partial charge >= 0.3 is 0 Å². The number of methoxy groups -OCH3 is 2. The summed E-state index contributed by atoms with van der Waals surface area (Å²) in [5.41, 5.74) is 22.3. The fourth-order valence-corrected chi connectivity index (χ4v) is 7.57. The highest BCUT2D eigenvalue weighted by Gasteiger charge is 2.38. The molecule has 0 saturated heterocycles. The second kappa shape index (κ2) is 12.5. The number of para-hydroxylation sites is 2. The third kappa shape index (κ3) is 5.31. The maximum Gasteiger partial charge on any atom is 0.255 e. The molecule has 4 aromatic rings. The first-order valence-electron chi connectivity index (χ1n) is 16.4. The molecule has 48 heavy (non-hydrogen) atoms. The van der Waals surface area contributed by atoms with Gasteiger partial charge in [0.15, 0.2) is 0 Å². The number of ether oxygens (including phenoxy) is 2. The molecule has 4 aliphatic rings. The number of nitrogens with zero attached hydrogens (tertiary/aromatic N) is 2. The van der Waals surface area contributed by atoms with E-state index in [1.807, 2.05) is 74.5 Å². The minimum atomic E-state index is -0.178. The van der Waals surface area contributed by atoms with E-state index in [-0.39, 0.29) is 36.2 Å². The van der Waals surface area contributed by atoms with Crippen LogP contribution in [0, 0.1) is 13.8 Å². The largest absolute Gasteiger partial charge is 0.496 e. The van der Waals surface area contributed by atoms with E-state index >= 15 is 0 Å². The lowest BCUT2D eigenvalue weighted by molar-refractivity contribution is 0.0916. The van der Waals surface area contributed by atoms with Crippen LogP contribution < -0.4 is 41.4 Å². The number of hydrogen-bond acceptors (Lipinski definition) is 8. The molecular formula is C38H42N6O4. The summed E-state index contributed by atoms with van der Waals surface area (Å²) < 4.78 is 10.7. The van der Waals surface area contributed by atoms with Crippen LogP contribution >= 0.6 is 0 Å². The Balaban J connectivity index is 0.000000152. The monoisotopic (exact) mass is 646 g/mol. The molecule has 10 heteroatoms. The Morgan fingerprint density at radius 3 is 1.44 bits per heavy atom. The van der Waals surface area contributed by atoms with Gasteiger partial charge in [0.1, 0.15) is 23.8 Å². The van der Waals surface area contributed by atoms with Crippen LogP contribution in [0.2, 0.25) is 0 Å². The molecule has 6 N–H and O–H groups in total. The minimum absolute atomic E-state index is 0.0136. The van der Waals surface area contributed by atoms with Gasteiger partial charge in [-0.3, -0.25) is 9.59 Å². The van der Waals surface area contributed by atoms with Gasteiger partial charge in [-0.15, -0.1) is 0 Å². The third-order valence-corrected chi connectivity index (χ3v) is 9.99. The van der Waals surface area contributed by atoms with Gasteiger partial charge < -0.3 is 41.4 Å². The number of rotatable bonds is 4. The highest BCUT2D eigenvalue weighted by atomic mass is 16.5. The molecule has 0 aliphatic carbocycles. The number of benzene rings is 4. The van der Waals surface area contributed by atoms with E-state index in [1.54, 1.807) is 14.2 Å². The van der Waals surface area contributed by atoms with Crippen molar-refractivity contribution >= 4 is 23.2 Å². The van der Waals surface area contributed by atoms with E-state index in [0.717, 1.165) is 82.2 Å². The van der Waals surface area contributed by atoms with Gasteiger partial charge in [-0.1, -0.05) is 36.4 Å². The topological polar surface area (TPSA) is 135 Å². The summed E-state index contributed by atoms with van der Waals surface area (Å²) in [5.74, 6) is 1.61. The SMILES string of the molecule is COc1ccc([C@@H]2NC(=O)c3cccc4c3N2CC[C@H]4N)cc1C.COc1ccc([C@H]2NC(=O)c3cccc4c3N2CC[C@@H]4N)cc1C. The first kappa shape index (κ1) is 31.5. The van der Waals surface area contributed by atoms with Gasteiger partial charge in [0.25, 0.3) is 11.8 Å². The predicted octanol–water partition coefficient (Wildman–Crippen LogP) is 5.31. The quantitative estimate of drug-likeness (QED) is 0.234. The first-order chi connectivity index (χ1) is 23.2. The first-order valence-corrected chi connectivity index (χ1v) is 16.4. The summed E-state index contributed by atoms with van der Waals surface area (Å²) >= 11 is 0. The lowest BCUT2D eigenvalue weighted by Crippen LogP contribution is -2.49. The maximum absolute atomic E-state index is 12.6. The molecular weight excluding hydrogens is 604 g/mol. The Labute approximate surface area is 281 Å². The van der Waals surface area contributed by atoms with Crippen molar-refractivity contribution in [3.8, 4) is 11.5 Å². The van der Waals surface area contributed by atoms with Crippen LogP contribution in [0.25, 0.3) is 0 Å². The van der Waals surface area contributed by atoms with Crippen LogP contribution in [0.5, 0.6) is 11.5 Å². The third-order valence-electron chi connectivity index (χ3n) is 9.99. The van der Waals surface area contributed by atoms with E-state index in [9.17, 15) is 9.59 Å². The lowest BCUT2D eigenvalue weighted by Gasteiger charge is -2.44. The molecule has 0 spiro atoms. The molecule has 0 bridgehead atoms. The zero-order chi connectivity index (χ0) is 33.7. The zero-order valence-electron chi connectivity index (χ0n) is 27.7. The molecule has 248 valence electrons. The summed E-state index contributed by atoms with van der Waals surface area (Å²) in [4.78, 5) is 29.8. The Bertz CT molecular complexity index is 1770. The standard InChI is InChI=1S/2C19H21N3O2/c2*1-11-10-12(6-7-16(11)24-2)18-21-19(23)14-5-3-4-13-15(20)8-9-22(18)17(13)14/h2*3-7,10,15,18H,8-9,20H2,1-2H3,(H,21,23)/t2*15-,18-/m10/s1. The van der Waals surface area contributed by atoms with Crippen molar-refractivity contribution < 1.29 is 19.1 Å². The van der Waals surface area contributed by atoms with Gasteiger partial charge in [0.2, 0.25) is 0 Å². The van der Waals surface area contributed by atoms with Gasteiger partial charge in [-0.05, 0) is 96.5 Å². The number of carbonyl (C=O) groups excluding carboxylic acids is 2. The van der Waals surface area contributed by atoms with Crippen molar-refractivity contribution in [3.63, 3.8) is 0 Å². The Hall–Kier alpha value is -5.06. The van der Waals surface area contributed by atoms with Crippen LogP contribution in [0.1, 0.15) is 91.4 Å². The van der Waals surface area contributed by atoms with Crippen molar-refractivity contribution in [2.45, 2.75) is 51.1 Å². The van der Waals surface area contributed by atoms with Gasteiger partial charge in [0, 0.05) is 25.2 Å². The van der Waals surface area contributed by atoms with Gasteiger partial charge in [-0.2, -0.15) is 0 Å². The molecule has 4 atom stereocenters. The van der Waals surface area contributed by atoms with E-state index in [0.29, 0.717) is 11.1 Å². The Morgan fingerprint density at radius 1 is 0.646 bits per heavy atom. The number of hydrogen-bond donors (Lipinski definition) is 4. The van der Waals surface area contributed by atoms with Gasteiger partial charge in [-0.25, -0.2) is 0 Å². The second-order valence-corrected chi connectivity index (χ2v) is 12.9. The minimum Gasteiger partial charge on any atom is -0.496 e. The number of nitrogens with one attached hydrogen (secondary N) is 2. The summed E-state index contributed by atoms with van der Waals surface area (Å²) in [6, 6.07) is 23.7. The molecule has 4 aromatic carbocycles. The number of anilines is 2. The van der Waals surface area contributed by atoms with E-state index in [1.165, 1.54) is 0 Å². The molecule has 0 aromatic heterocycles.